The molecule has 8 heteroatoms. The zero-order valence-electron chi connectivity index (χ0n) is 15.8. The molecule has 152 valence electrons. The maximum atomic E-state index is 11.7. The summed E-state index contributed by atoms with van der Waals surface area (Å²) in [5, 5.41) is 23.2. The molecule has 1 aliphatic rings. The maximum Gasteiger partial charge on any atom is 0.326 e. The molecule has 8 nitrogen and oxygen atoms in total. The number of aliphatic hydroxyl groups excluding tert-OH is 1. The smallest absolute Gasteiger partial charge is 0.326 e. The highest BCUT2D eigenvalue weighted by atomic mass is 16.5. The number of unbranched alkanes of at least 4 members (excludes halogenated alkanes) is 1. The summed E-state index contributed by atoms with van der Waals surface area (Å²) in [6, 6.07) is 6.38. The van der Waals surface area contributed by atoms with Crippen LogP contribution in [-0.2, 0) is 9.59 Å². The van der Waals surface area contributed by atoms with E-state index in [2.05, 4.69) is 10.6 Å². The molecular formula is C19H31N3O5. The number of benzene rings is 1. The monoisotopic (exact) mass is 381 g/mol. The van der Waals surface area contributed by atoms with E-state index in [1.54, 1.807) is 12.1 Å². The molecule has 1 saturated heterocycles. The molecule has 1 fully saturated rings. The number of carbonyl (C=O) groups is 2. The first-order chi connectivity index (χ1) is 12.9. The average molecular weight is 381 g/mol. The summed E-state index contributed by atoms with van der Waals surface area (Å²) in [7, 11) is 0. The van der Waals surface area contributed by atoms with Gasteiger partial charge in [-0.1, -0.05) is 17.7 Å². The van der Waals surface area contributed by atoms with Crippen LogP contribution in [0.3, 0.4) is 0 Å². The second kappa shape index (κ2) is 13.1. The highest BCUT2D eigenvalue weighted by Gasteiger charge is 2.19. The Balaban J connectivity index is 0.000000511. The van der Waals surface area contributed by atoms with Gasteiger partial charge in [0, 0.05) is 6.54 Å². The number of nitrogens with one attached hydrogen (secondary N) is 2. The molecule has 0 radical (unpaired) electrons. The lowest BCUT2D eigenvalue weighted by Gasteiger charge is -2.14. The third kappa shape index (κ3) is 10.5. The minimum atomic E-state index is -1.05. The lowest BCUT2D eigenvalue weighted by molar-refractivity contribution is -0.142. The van der Waals surface area contributed by atoms with Crippen LogP contribution >= 0.6 is 0 Å². The van der Waals surface area contributed by atoms with Gasteiger partial charge in [0.05, 0.1) is 6.10 Å². The predicted octanol–water partition coefficient (Wildman–Crippen LogP) is 0.413. The van der Waals surface area contributed by atoms with Gasteiger partial charge in [-0.2, -0.15) is 0 Å². The number of amides is 1. The van der Waals surface area contributed by atoms with Crippen LogP contribution in [0.25, 0.3) is 0 Å². The molecule has 0 aliphatic carbocycles. The molecule has 1 amide bonds. The van der Waals surface area contributed by atoms with Gasteiger partial charge < -0.3 is 31.3 Å². The van der Waals surface area contributed by atoms with Gasteiger partial charge in [-0.15, -0.1) is 0 Å². The first-order valence-corrected chi connectivity index (χ1v) is 9.23. The SMILES string of the molecule is Cc1ccc(OCC(=O)N[C@@H](CCCCN)C(=O)O)cc1.O[C@@H]1CCNC1. The fourth-order valence-corrected chi connectivity index (χ4v) is 2.41. The molecule has 1 aromatic carbocycles. The molecule has 0 saturated carbocycles. The van der Waals surface area contributed by atoms with E-state index in [1.807, 2.05) is 19.1 Å². The van der Waals surface area contributed by atoms with Crippen molar-refractivity contribution in [3.8, 4) is 5.75 Å². The van der Waals surface area contributed by atoms with E-state index < -0.39 is 17.9 Å². The van der Waals surface area contributed by atoms with Gasteiger partial charge in [0.1, 0.15) is 11.8 Å². The van der Waals surface area contributed by atoms with Gasteiger partial charge >= 0.3 is 5.97 Å². The summed E-state index contributed by atoms with van der Waals surface area (Å²) in [5.41, 5.74) is 6.46. The van der Waals surface area contributed by atoms with Crippen molar-refractivity contribution in [1.29, 1.82) is 0 Å². The molecule has 1 heterocycles. The zero-order chi connectivity index (χ0) is 20.1. The summed E-state index contributed by atoms with van der Waals surface area (Å²) < 4.78 is 5.30. The lowest BCUT2D eigenvalue weighted by Crippen LogP contribution is -2.43. The van der Waals surface area contributed by atoms with Crippen molar-refractivity contribution in [3.05, 3.63) is 29.8 Å². The molecule has 0 bridgehead atoms. The number of hydrogen-bond acceptors (Lipinski definition) is 6. The van der Waals surface area contributed by atoms with Crippen LogP contribution in [0.1, 0.15) is 31.2 Å². The molecule has 0 unspecified atom stereocenters. The second-order valence-corrected chi connectivity index (χ2v) is 6.49. The number of rotatable bonds is 9. The van der Waals surface area contributed by atoms with E-state index >= 15 is 0 Å². The standard InChI is InChI=1S/C15H22N2O4.C4H9NO/c1-11-5-7-12(8-6-11)21-10-14(18)17-13(15(19)20)4-2-3-9-16;6-4-1-2-5-3-4/h5-8,13H,2-4,9-10,16H2,1H3,(H,17,18)(H,19,20);4-6H,1-3H2/t13-;4-/m01/s1. The third-order valence-electron chi connectivity index (χ3n) is 4.01. The average Bonchev–Trinajstić information content (AvgIpc) is 3.12. The van der Waals surface area contributed by atoms with Crippen molar-refractivity contribution in [2.75, 3.05) is 26.2 Å². The lowest BCUT2D eigenvalue weighted by atomic mass is 10.1. The highest BCUT2D eigenvalue weighted by molar-refractivity contribution is 5.84. The fraction of sp³-hybridized carbons (Fsp3) is 0.579. The Labute approximate surface area is 160 Å². The number of carboxylic acid groups (broad SMARTS) is 1. The van der Waals surface area contributed by atoms with Crippen molar-refractivity contribution in [2.45, 2.75) is 44.8 Å². The van der Waals surface area contributed by atoms with Crippen molar-refractivity contribution in [3.63, 3.8) is 0 Å². The van der Waals surface area contributed by atoms with E-state index in [-0.39, 0.29) is 12.7 Å². The molecule has 1 aliphatic heterocycles. The van der Waals surface area contributed by atoms with Crippen molar-refractivity contribution >= 4 is 11.9 Å². The highest BCUT2D eigenvalue weighted by Crippen LogP contribution is 2.11. The number of hydrogen-bond donors (Lipinski definition) is 5. The Morgan fingerprint density at radius 2 is 2.04 bits per heavy atom. The van der Waals surface area contributed by atoms with E-state index in [0.717, 1.165) is 31.5 Å². The Morgan fingerprint density at radius 1 is 1.33 bits per heavy atom. The van der Waals surface area contributed by atoms with Gasteiger partial charge in [-0.25, -0.2) is 4.79 Å². The van der Waals surface area contributed by atoms with Gasteiger partial charge in [-0.05, 0) is 57.8 Å². The number of nitrogens with two attached hydrogens (primary N) is 1. The number of aliphatic carboxylic acids is 1. The van der Waals surface area contributed by atoms with E-state index in [1.165, 1.54) is 0 Å². The zero-order valence-corrected chi connectivity index (χ0v) is 15.8. The molecule has 0 aromatic heterocycles. The quantitative estimate of drug-likeness (QED) is 0.391. The minimum Gasteiger partial charge on any atom is -0.484 e. The Kier molecular flexibility index (Phi) is 11.1. The van der Waals surface area contributed by atoms with E-state index in [0.29, 0.717) is 25.1 Å². The minimum absolute atomic E-state index is 0.0648. The first-order valence-electron chi connectivity index (χ1n) is 9.23. The van der Waals surface area contributed by atoms with Crippen molar-refractivity contribution in [1.82, 2.24) is 10.6 Å². The number of ether oxygens (including phenoxy) is 1. The van der Waals surface area contributed by atoms with Crippen molar-refractivity contribution in [2.24, 2.45) is 5.73 Å². The van der Waals surface area contributed by atoms with Gasteiger partial charge in [-0.3, -0.25) is 4.79 Å². The van der Waals surface area contributed by atoms with E-state index in [9.17, 15) is 9.59 Å². The fourth-order valence-electron chi connectivity index (χ4n) is 2.41. The van der Waals surface area contributed by atoms with Gasteiger partial charge in [0.15, 0.2) is 6.61 Å². The molecular weight excluding hydrogens is 350 g/mol. The summed E-state index contributed by atoms with van der Waals surface area (Å²) in [6.45, 7) is 4.04. The summed E-state index contributed by atoms with van der Waals surface area (Å²) in [5.74, 6) is -0.919. The second-order valence-electron chi connectivity index (χ2n) is 6.49. The molecule has 2 rings (SSSR count). The van der Waals surface area contributed by atoms with Gasteiger partial charge in [0.2, 0.25) is 0 Å². The number of carbonyl (C=O) groups excluding carboxylic acids is 1. The van der Waals surface area contributed by atoms with Gasteiger partial charge in [0.25, 0.3) is 5.91 Å². The van der Waals surface area contributed by atoms with Crippen LogP contribution in [0.5, 0.6) is 5.75 Å². The van der Waals surface area contributed by atoms with Crippen LogP contribution in [0.15, 0.2) is 24.3 Å². The Morgan fingerprint density at radius 3 is 2.52 bits per heavy atom. The number of aryl methyl sites for hydroxylation is 1. The maximum absolute atomic E-state index is 11.7. The van der Waals surface area contributed by atoms with Crippen LogP contribution in [0.4, 0.5) is 0 Å². The predicted molar refractivity (Wildman–Crippen MR) is 103 cm³/mol. The Bertz CT molecular complexity index is 559. The summed E-state index contributed by atoms with van der Waals surface area (Å²) >= 11 is 0. The molecule has 0 spiro atoms. The number of aliphatic hydroxyl groups is 1. The molecule has 2 atom stereocenters. The van der Waals surface area contributed by atoms with Crippen LogP contribution in [-0.4, -0.2) is 60.5 Å². The third-order valence-corrected chi connectivity index (χ3v) is 4.01. The summed E-state index contributed by atoms with van der Waals surface area (Å²) in [6.07, 6.45) is 2.62. The largest absolute Gasteiger partial charge is 0.484 e. The number of β-amino-alcohol motifs (C(OH)–C–C–N with tert-alkyl or cyclic N) is 1. The van der Waals surface area contributed by atoms with Crippen LogP contribution in [0, 0.1) is 6.92 Å². The van der Waals surface area contributed by atoms with Crippen molar-refractivity contribution < 1.29 is 24.5 Å². The molecule has 6 N–H and O–H groups in total. The number of carboxylic acids is 1. The molecule has 1 aromatic rings. The first kappa shape index (κ1) is 22.9. The van der Waals surface area contributed by atoms with E-state index in [4.69, 9.17) is 20.7 Å². The normalized spacial score (nSPS) is 16.8. The van der Waals surface area contributed by atoms with Crippen LogP contribution in [0.2, 0.25) is 0 Å². The summed E-state index contributed by atoms with van der Waals surface area (Å²) in [4.78, 5) is 22.8. The molecule has 27 heavy (non-hydrogen) atoms. The Hall–Kier alpha value is -2.16. The topological polar surface area (TPSA) is 134 Å². The van der Waals surface area contributed by atoms with Crippen LogP contribution < -0.4 is 21.1 Å².